The predicted molar refractivity (Wildman–Crippen MR) is 68.1 cm³/mol. The highest BCUT2D eigenvalue weighted by atomic mass is 35.5. The fourth-order valence-corrected chi connectivity index (χ4v) is 1.74. The summed E-state index contributed by atoms with van der Waals surface area (Å²) in [6.07, 6.45) is -4.73. The van der Waals surface area contributed by atoms with Gasteiger partial charge >= 0.3 is 6.18 Å². The molecule has 0 atom stereocenters. The van der Waals surface area contributed by atoms with Crippen LogP contribution in [-0.4, -0.2) is 18.6 Å². The highest BCUT2D eigenvalue weighted by molar-refractivity contribution is 6.31. The second-order valence-corrected chi connectivity index (χ2v) is 4.54. The topological polar surface area (TPSA) is 55.1 Å². The van der Waals surface area contributed by atoms with Crippen LogP contribution in [0.3, 0.4) is 0 Å². The van der Waals surface area contributed by atoms with Crippen LogP contribution in [0.15, 0.2) is 18.2 Å². The van der Waals surface area contributed by atoms with Crippen molar-refractivity contribution in [2.75, 3.05) is 12.3 Å². The van der Waals surface area contributed by atoms with Crippen molar-refractivity contribution in [3.63, 3.8) is 0 Å². The van der Waals surface area contributed by atoms with E-state index in [2.05, 4.69) is 5.32 Å². The third-order valence-electron chi connectivity index (χ3n) is 2.35. The molecule has 0 aromatic heterocycles. The number of amides is 1. The van der Waals surface area contributed by atoms with E-state index < -0.39 is 18.5 Å². The van der Waals surface area contributed by atoms with Gasteiger partial charge in [-0.1, -0.05) is 11.6 Å². The highest BCUT2D eigenvalue weighted by Crippen LogP contribution is 2.22. The fourth-order valence-electron chi connectivity index (χ4n) is 1.50. The number of anilines is 1. The lowest BCUT2D eigenvalue weighted by atomic mass is 10.2. The number of halogens is 4. The van der Waals surface area contributed by atoms with Gasteiger partial charge in [0.15, 0.2) is 0 Å². The van der Waals surface area contributed by atoms with Crippen molar-refractivity contribution in [2.24, 2.45) is 0 Å². The molecule has 1 rings (SSSR count). The standard InChI is InChI=1S/C12H14ClF3N2O/c13-9-5-8(6-10(17)7-9)11(19)18-4-2-1-3-12(14,15)16/h5-7H,1-4,17H2,(H,18,19). The van der Waals surface area contributed by atoms with Crippen molar-refractivity contribution in [1.82, 2.24) is 5.32 Å². The molecule has 0 saturated heterocycles. The van der Waals surface area contributed by atoms with Crippen LogP contribution in [0.5, 0.6) is 0 Å². The third kappa shape index (κ3) is 6.33. The summed E-state index contributed by atoms with van der Waals surface area (Å²) in [7, 11) is 0. The number of unbranched alkanes of at least 4 members (excludes halogenated alkanes) is 1. The second-order valence-electron chi connectivity index (χ2n) is 4.10. The lowest BCUT2D eigenvalue weighted by Crippen LogP contribution is -2.24. The van der Waals surface area contributed by atoms with Gasteiger partial charge in [-0.2, -0.15) is 13.2 Å². The van der Waals surface area contributed by atoms with E-state index in [-0.39, 0.29) is 19.4 Å². The molecule has 7 heteroatoms. The van der Waals surface area contributed by atoms with Crippen LogP contribution in [-0.2, 0) is 0 Å². The van der Waals surface area contributed by atoms with Crippen molar-refractivity contribution in [1.29, 1.82) is 0 Å². The number of carbonyl (C=O) groups is 1. The van der Waals surface area contributed by atoms with Crippen LogP contribution < -0.4 is 11.1 Å². The molecule has 0 aliphatic carbocycles. The molecule has 0 unspecified atom stereocenters. The second kappa shape index (κ2) is 6.65. The summed E-state index contributed by atoms with van der Waals surface area (Å²) in [4.78, 5) is 11.7. The van der Waals surface area contributed by atoms with Crippen LogP contribution in [0.4, 0.5) is 18.9 Å². The molecular formula is C12H14ClF3N2O. The largest absolute Gasteiger partial charge is 0.399 e. The molecule has 1 aromatic rings. The van der Waals surface area contributed by atoms with Gasteiger partial charge in [0, 0.05) is 29.2 Å². The van der Waals surface area contributed by atoms with Crippen LogP contribution in [0.25, 0.3) is 0 Å². The molecule has 0 fully saturated rings. The van der Waals surface area contributed by atoms with Crippen molar-refractivity contribution in [3.8, 4) is 0 Å². The zero-order valence-corrected chi connectivity index (χ0v) is 10.8. The van der Waals surface area contributed by atoms with Gasteiger partial charge in [0.25, 0.3) is 5.91 Å². The number of alkyl halides is 3. The number of nitrogens with two attached hydrogens (primary N) is 1. The lowest BCUT2D eigenvalue weighted by Gasteiger charge is -2.08. The molecule has 0 heterocycles. The van der Waals surface area contributed by atoms with Crippen LogP contribution in [0.2, 0.25) is 5.02 Å². The minimum atomic E-state index is -4.15. The SMILES string of the molecule is Nc1cc(Cl)cc(C(=O)NCCCCC(F)(F)F)c1. The van der Waals surface area contributed by atoms with E-state index in [1.54, 1.807) is 0 Å². The van der Waals surface area contributed by atoms with Gasteiger partial charge in [0.2, 0.25) is 0 Å². The zero-order valence-electron chi connectivity index (χ0n) is 10.1. The number of nitrogen functional groups attached to an aromatic ring is 1. The monoisotopic (exact) mass is 294 g/mol. The van der Waals surface area contributed by atoms with Crippen molar-refractivity contribution < 1.29 is 18.0 Å². The molecule has 106 valence electrons. The zero-order chi connectivity index (χ0) is 14.5. The Morgan fingerprint density at radius 3 is 2.53 bits per heavy atom. The van der Waals surface area contributed by atoms with Gasteiger partial charge < -0.3 is 11.1 Å². The first-order valence-electron chi connectivity index (χ1n) is 5.69. The van der Waals surface area contributed by atoms with Gasteiger partial charge in [0.05, 0.1) is 0 Å². The maximum Gasteiger partial charge on any atom is 0.389 e. The third-order valence-corrected chi connectivity index (χ3v) is 2.57. The van der Waals surface area contributed by atoms with Gasteiger partial charge in [-0.25, -0.2) is 0 Å². The van der Waals surface area contributed by atoms with Crippen molar-refractivity contribution in [3.05, 3.63) is 28.8 Å². The molecule has 0 aliphatic heterocycles. The Balaban J connectivity index is 2.35. The van der Waals surface area contributed by atoms with E-state index in [1.165, 1.54) is 18.2 Å². The van der Waals surface area contributed by atoms with Crippen molar-refractivity contribution >= 4 is 23.2 Å². The Kier molecular flexibility index (Phi) is 5.47. The summed E-state index contributed by atoms with van der Waals surface area (Å²) in [5, 5.41) is 2.85. The lowest BCUT2D eigenvalue weighted by molar-refractivity contribution is -0.135. The molecule has 1 aromatic carbocycles. The fraction of sp³-hybridized carbons (Fsp3) is 0.417. The minimum Gasteiger partial charge on any atom is -0.399 e. The van der Waals surface area contributed by atoms with E-state index >= 15 is 0 Å². The Morgan fingerprint density at radius 2 is 1.95 bits per heavy atom. The summed E-state index contributed by atoms with van der Waals surface area (Å²) < 4.78 is 35.6. The van der Waals surface area contributed by atoms with Gasteiger partial charge in [-0.05, 0) is 31.0 Å². The Labute approximate surface area is 113 Å². The number of rotatable bonds is 5. The average molecular weight is 295 g/mol. The molecule has 0 spiro atoms. The van der Waals surface area contributed by atoms with Gasteiger partial charge in [0.1, 0.15) is 0 Å². The van der Waals surface area contributed by atoms with E-state index in [0.717, 1.165) is 0 Å². The first-order valence-corrected chi connectivity index (χ1v) is 6.07. The number of hydrogen-bond acceptors (Lipinski definition) is 2. The Hall–Kier alpha value is -1.43. The molecule has 0 bridgehead atoms. The van der Waals surface area contributed by atoms with Gasteiger partial charge in [-0.15, -0.1) is 0 Å². The van der Waals surface area contributed by atoms with E-state index in [0.29, 0.717) is 16.3 Å². The Bertz CT molecular complexity index is 429. The molecule has 3 nitrogen and oxygen atoms in total. The maximum absolute atomic E-state index is 11.9. The van der Waals surface area contributed by atoms with Crippen LogP contribution in [0.1, 0.15) is 29.6 Å². The van der Waals surface area contributed by atoms with Crippen LogP contribution >= 0.6 is 11.6 Å². The molecule has 19 heavy (non-hydrogen) atoms. The summed E-state index contributed by atoms with van der Waals surface area (Å²) in [6.45, 7) is 0.182. The first kappa shape index (κ1) is 15.6. The van der Waals surface area contributed by atoms with Gasteiger partial charge in [-0.3, -0.25) is 4.79 Å². The quantitative estimate of drug-likeness (QED) is 0.646. The molecule has 0 saturated carbocycles. The summed E-state index contributed by atoms with van der Waals surface area (Å²) in [5.41, 5.74) is 6.18. The van der Waals surface area contributed by atoms with Crippen LogP contribution in [0, 0.1) is 0 Å². The van der Waals surface area contributed by atoms with E-state index in [4.69, 9.17) is 17.3 Å². The minimum absolute atomic E-state index is 0.0124. The maximum atomic E-state index is 11.9. The normalized spacial score (nSPS) is 11.4. The number of hydrogen-bond donors (Lipinski definition) is 2. The summed E-state index contributed by atoms with van der Waals surface area (Å²) in [5.74, 6) is -0.402. The first-order chi connectivity index (χ1) is 8.78. The smallest absolute Gasteiger partial charge is 0.389 e. The predicted octanol–water partition coefficient (Wildman–Crippen LogP) is 3.38. The molecular weight excluding hydrogens is 281 g/mol. The number of benzene rings is 1. The molecule has 3 N–H and O–H groups in total. The number of nitrogens with one attached hydrogen (secondary N) is 1. The molecule has 0 aliphatic rings. The summed E-state index contributed by atoms with van der Waals surface area (Å²) in [6, 6.07) is 4.40. The summed E-state index contributed by atoms with van der Waals surface area (Å²) >= 11 is 5.74. The molecule has 0 radical (unpaired) electrons. The van der Waals surface area contributed by atoms with E-state index in [9.17, 15) is 18.0 Å². The van der Waals surface area contributed by atoms with Crippen molar-refractivity contribution in [2.45, 2.75) is 25.4 Å². The van der Waals surface area contributed by atoms with E-state index in [1.807, 2.05) is 0 Å². The average Bonchev–Trinajstić information content (AvgIpc) is 2.25. The molecule has 1 amide bonds. The highest BCUT2D eigenvalue weighted by Gasteiger charge is 2.25. The Morgan fingerprint density at radius 1 is 1.26 bits per heavy atom. The number of carbonyl (C=O) groups excluding carboxylic acids is 1.